The number of nitrogens with two attached hydrogens (primary N) is 1. The summed E-state index contributed by atoms with van der Waals surface area (Å²) in [5.41, 5.74) is 10.3. The summed E-state index contributed by atoms with van der Waals surface area (Å²) in [6.45, 7) is 10.6. The summed E-state index contributed by atoms with van der Waals surface area (Å²) in [6, 6.07) is 5.62. The molecule has 1 aliphatic carbocycles. The molecule has 1 aromatic heterocycles. The van der Waals surface area contributed by atoms with Crippen molar-refractivity contribution in [2.45, 2.75) is 56.7 Å². The number of benzene rings is 2. The SMILES string of the molecule is C=CC(=O)N1CC2(CCN(c3nc(N4CC5(CCN5CCOC)C4)nc4c(OCC(F)(F)F)c(-c5c(C)ccc(N)c5C=N)c(C5CC5)cc34)CC2)C1. The van der Waals surface area contributed by atoms with Crippen LogP contribution >= 0.6 is 0 Å². The normalized spacial score (nSPS) is 20.7. The van der Waals surface area contributed by atoms with Crippen LogP contribution in [0, 0.1) is 17.7 Å². The van der Waals surface area contributed by atoms with Crippen LogP contribution in [0.15, 0.2) is 30.9 Å². The number of nitrogens with one attached hydrogen (secondary N) is 1. The number of hydrogen-bond acceptors (Lipinski definition) is 10. The first-order valence-corrected chi connectivity index (χ1v) is 18.5. The maximum absolute atomic E-state index is 14.1. The molecule has 0 atom stereocenters. The molecule has 2 spiro atoms. The molecule has 282 valence electrons. The van der Waals surface area contributed by atoms with E-state index in [2.05, 4.69) is 27.3 Å². The standard InChI is InChI=1S/C39H47F3N8O3/c1-4-30(51)48-19-37(20-48)9-12-47(13-10-37)35-27-17-26(25-6-7-25)32(31-24(2)5-8-29(44)28(31)18-43)34(53-23-39(40,41)42)33(27)45-36(46-35)49-21-38(22-49)11-14-50(38)15-16-52-3/h4-5,8,17-18,25,43H,1,6-7,9-16,19-23,44H2,2-3H3. The first-order valence-electron chi connectivity index (χ1n) is 18.5. The van der Waals surface area contributed by atoms with E-state index < -0.39 is 12.8 Å². The summed E-state index contributed by atoms with van der Waals surface area (Å²) in [6.07, 6.45) is 2.45. The summed E-state index contributed by atoms with van der Waals surface area (Å²) < 4.78 is 53.5. The summed E-state index contributed by atoms with van der Waals surface area (Å²) in [4.78, 5) is 31.2. The van der Waals surface area contributed by atoms with Crippen LogP contribution in [0.25, 0.3) is 22.0 Å². The lowest BCUT2D eigenvalue weighted by Gasteiger charge is -2.62. The Balaban J connectivity index is 1.27. The van der Waals surface area contributed by atoms with Gasteiger partial charge in [0.1, 0.15) is 11.3 Å². The molecule has 53 heavy (non-hydrogen) atoms. The lowest BCUT2D eigenvalue weighted by atomic mass is 9.72. The van der Waals surface area contributed by atoms with Crippen molar-refractivity contribution in [1.82, 2.24) is 19.8 Å². The molecule has 4 aliphatic heterocycles. The van der Waals surface area contributed by atoms with Gasteiger partial charge in [-0.1, -0.05) is 12.6 Å². The third-order valence-corrected chi connectivity index (χ3v) is 12.2. The lowest BCUT2D eigenvalue weighted by Crippen LogP contribution is -2.77. The van der Waals surface area contributed by atoms with E-state index in [1.54, 1.807) is 13.2 Å². The summed E-state index contributed by atoms with van der Waals surface area (Å²) in [5, 5.41) is 8.96. The Morgan fingerprint density at radius 3 is 2.42 bits per heavy atom. The number of aromatic nitrogens is 2. The van der Waals surface area contributed by atoms with Crippen LogP contribution in [0.3, 0.4) is 0 Å². The Morgan fingerprint density at radius 2 is 1.81 bits per heavy atom. The number of anilines is 3. The number of carbonyl (C=O) groups is 1. The summed E-state index contributed by atoms with van der Waals surface area (Å²) in [5.74, 6) is 1.25. The van der Waals surface area contributed by atoms with Crippen molar-refractivity contribution >= 4 is 40.5 Å². The van der Waals surface area contributed by atoms with Gasteiger partial charge in [0.25, 0.3) is 0 Å². The van der Waals surface area contributed by atoms with E-state index in [-0.39, 0.29) is 28.5 Å². The predicted octanol–water partition coefficient (Wildman–Crippen LogP) is 5.53. The average Bonchev–Trinajstić information content (AvgIpc) is 3.94. The second-order valence-electron chi connectivity index (χ2n) is 15.7. The molecule has 0 unspecified atom stereocenters. The molecule has 0 bridgehead atoms. The number of aryl methyl sites for hydroxylation is 1. The van der Waals surface area contributed by atoms with Gasteiger partial charge in [-0.25, -0.2) is 4.98 Å². The number of rotatable bonds is 11. The third-order valence-electron chi connectivity index (χ3n) is 12.2. The molecule has 5 heterocycles. The van der Waals surface area contributed by atoms with Crippen molar-refractivity contribution < 1.29 is 27.4 Å². The zero-order chi connectivity index (χ0) is 37.3. The van der Waals surface area contributed by atoms with Crippen molar-refractivity contribution in [3.8, 4) is 16.9 Å². The van der Waals surface area contributed by atoms with E-state index in [4.69, 9.17) is 30.6 Å². The van der Waals surface area contributed by atoms with Crippen LogP contribution in [-0.2, 0) is 9.53 Å². The molecule has 5 fully saturated rings. The number of likely N-dealkylation sites (tertiary alicyclic amines) is 2. The molecule has 4 saturated heterocycles. The Bertz CT molecular complexity index is 1960. The Kier molecular flexibility index (Phi) is 8.83. The average molecular weight is 733 g/mol. The van der Waals surface area contributed by atoms with Gasteiger partial charge in [-0.05, 0) is 79.8 Å². The van der Waals surface area contributed by atoms with Gasteiger partial charge in [-0.2, -0.15) is 18.2 Å². The fraction of sp³-hybridized carbons (Fsp3) is 0.538. The van der Waals surface area contributed by atoms with Crippen LogP contribution < -0.4 is 20.3 Å². The van der Waals surface area contributed by atoms with Gasteiger partial charge in [0.05, 0.1) is 12.1 Å². The topological polar surface area (TPSA) is 124 Å². The first-order chi connectivity index (χ1) is 25.4. The van der Waals surface area contributed by atoms with E-state index in [0.29, 0.717) is 90.9 Å². The summed E-state index contributed by atoms with van der Waals surface area (Å²) in [7, 11) is 1.70. The quantitative estimate of drug-likeness (QED) is 0.149. The number of nitrogen functional groups attached to an aromatic ring is 1. The van der Waals surface area contributed by atoms with E-state index >= 15 is 0 Å². The van der Waals surface area contributed by atoms with Crippen LogP contribution in [0.1, 0.15) is 54.7 Å². The number of carbonyl (C=O) groups excluding carboxylic acids is 1. The first kappa shape index (κ1) is 35.6. The number of alkyl halides is 3. The fourth-order valence-electron chi connectivity index (χ4n) is 8.97. The molecule has 14 heteroatoms. The lowest BCUT2D eigenvalue weighted by molar-refractivity contribution is -0.153. The Hall–Kier alpha value is -4.43. The molecule has 0 radical (unpaired) electrons. The summed E-state index contributed by atoms with van der Waals surface area (Å²) >= 11 is 0. The minimum absolute atomic E-state index is 0.00162. The maximum atomic E-state index is 14.1. The van der Waals surface area contributed by atoms with E-state index in [1.807, 2.05) is 17.9 Å². The Labute approximate surface area is 307 Å². The number of nitrogens with zero attached hydrogens (tertiary/aromatic N) is 6. The molecule has 8 rings (SSSR count). The van der Waals surface area contributed by atoms with Crippen molar-refractivity contribution in [2.75, 3.05) is 88.2 Å². The number of methoxy groups -OCH3 is 1. The monoisotopic (exact) mass is 732 g/mol. The minimum atomic E-state index is -4.60. The minimum Gasteiger partial charge on any atom is -0.481 e. The molecular formula is C39H47F3N8O3. The van der Waals surface area contributed by atoms with Gasteiger partial charge >= 0.3 is 6.18 Å². The molecule has 5 aliphatic rings. The third kappa shape index (κ3) is 6.26. The highest BCUT2D eigenvalue weighted by Crippen LogP contribution is 2.53. The Morgan fingerprint density at radius 1 is 1.08 bits per heavy atom. The number of halogens is 3. The van der Waals surface area contributed by atoms with Crippen LogP contribution in [0.5, 0.6) is 5.75 Å². The smallest absolute Gasteiger partial charge is 0.422 e. The van der Waals surface area contributed by atoms with E-state index in [0.717, 1.165) is 56.3 Å². The molecule has 11 nitrogen and oxygen atoms in total. The molecule has 1 saturated carbocycles. The fourth-order valence-corrected chi connectivity index (χ4v) is 8.97. The number of fused-ring (bicyclic) bond motifs is 1. The molecule has 1 amide bonds. The van der Waals surface area contributed by atoms with Crippen LogP contribution in [0.4, 0.5) is 30.6 Å². The molecule has 3 N–H and O–H groups in total. The second-order valence-corrected chi connectivity index (χ2v) is 15.7. The van der Waals surface area contributed by atoms with Gasteiger partial charge < -0.3 is 35.3 Å². The zero-order valence-electron chi connectivity index (χ0n) is 30.4. The molecular weight excluding hydrogens is 685 g/mol. The van der Waals surface area contributed by atoms with Gasteiger partial charge in [-0.3, -0.25) is 9.69 Å². The second kappa shape index (κ2) is 13.2. The van der Waals surface area contributed by atoms with Gasteiger partial charge in [-0.15, -0.1) is 0 Å². The van der Waals surface area contributed by atoms with E-state index in [9.17, 15) is 18.0 Å². The zero-order valence-corrected chi connectivity index (χ0v) is 30.4. The van der Waals surface area contributed by atoms with Crippen LogP contribution in [0.2, 0.25) is 0 Å². The van der Waals surface area contributed by atoms with Gasteiger partial charge in [0.2, 0.25) is 11.9 Å². The number of ether oxygens (including phenoxy) is 2. The highest BCUT2D eigenvalue weighted by molar-refractivity contribution is 6.05. The molecule has 2 aromatic carbocycles. The van der Waals surface area contributed by atoms with Crippen molar-refractivity contribution in [3.63, 3.8) is 0 Å². The number of piperidine rings is 1. The predicted molar refractivity (Wildman–Crippen MR) is 199 cm³/mol. The van der Waals surface area contributed by atoms with Crippen LogP contribution in [-0.4, -0.2) is 116 Å². The maximum Gasteiger partial charge on any atom is 0.422 e. The van der Waals surface area contributed by atoms with Crippen molar-refractivity contribution in [1.29, 1.82) is 5.41 Å². The van der Waals surface area contributed by atoms with Crippen molar-refractivity contribution in [2.24, 2.45) is 5.41 Å². The highest BCUT2D eigenvalue weighted by atomic mass is 19.4. The number of amides is 1. The molecule has 3 aromatic rings. The highest BCUT2D eigenvalue weighted by Gasteiger charge is 2.54. The van der Waals surface area contributed by atoms with Crippen molar-refractivity contribution in [3.05, 3.63) is 47.5 Å². The van der Waals surface area contributed by atoms with E-state index in [1.165, 1.54) is 12.3 Å². The number of hydrogen-bond donors (Lipinski definition) is 2. The largest absolute Gasteiger partial charge is 0.481 e. The van der Waals surface area contributed by atoms with Gasteiger partial charge in [0.15, 0.2) is 12.4 Å². The van der Waals surface area contributed by atoms with Gasteiger partial charge in [0, 0.05) is 93.3 Å².